The number of hydrogen-bond acceptors (Lipinski definition) is 6. The van der Waals surface area contributed by atoms with Crippen molar-refractivity contribution in [3.63, 3.8) is 0 Å². The third-order valence-corrected chi connectivity index (χ3v) is 10.0. The number of urea groups is 1. The van der Waals surface area contributed by atoms with Crippen molar-refractivity contribution in [1.82, 2.24) is 0 Å². The predicted octanol–water partition coefficient (Wildman–Crippen LogP) is 2.45. The molecule has 11 heteroatoms. The number of nitriles is 1. The van der Waals surface area contributed by atoms with Gasteiger partial charge in [0.05, 0.1) is 18.2 Å². The summed E-state index contributed by atoms with van der Waals surface area (Å²) in [6, 6.07) is 1.39. The average molecular weight is 481 g/mol. The Morgan fingerprint density at radius 2 is 1.91 bits per heavy atom. The molecule has 5 N–H and O–H groups in total. The van der Waals surface area contributed by atoms with Gasteiger partial charge in [-0.25, -0.2) is 18.5 Å². The molecule has 0 saturated heterocycles. The third-order valence-electron chi connectivity index (χ3n) is 6.20. The first-order valence-corrected chi connectivity index (χ1v) is 12.9. The molecule has 0 fully saturated rings. The van der Waals surface area contributed by atoms with Gasteiger partial charge >= 0.3 is 6.03 Å². The van der Waals surface area contributed by atoms with Gasteiger partial charge in [-0.1, -0.05) is 0 Å². The topological polar surface area (TPSA) is 149 Å². The van der Waals surface area contributed by atoms with Crippen molar-refractivity contribution in [2.75, 3.05) is 11.9 Å². The first kappa shape index (κ1) is 23.2. The van der Waals surface area contributed by atoms with E-state index in [0.29, 0.717) is 23.0 Å². The highest BCUT2D eigenvalue weighted by atomic mass is 32.3. The number of nitrogens with one attached hydrogen (secondary N) is 1. The smallest absolute Gasteiger partial charge is 0.354 e. The van der Waals surface area contributed by atoms with Gasteiger partial charge in [-0.15, -0.1) is 16.1 Å². The molecule has 0 spiro atoms. The summed E-state index contributed by atoms with van der Waals surface area (Å²) in [7, 11) is -3.82. The molecule has 32 heavy (non-hydrogen) atoms. The first-order valence-electron chi connectivity index (χ1n) is 10.4. The van der Waals surface area contributed by atoms with Crippen LogP contribution < -0.4 is 10.5 Å². The number of alkyl halides is 1. The number of nitrogens with zero attached hydrogens (tertiary/aromatic N) is 2. The molecule has 172 valence electrons. The van der Waals surface area contributed by atoms with Crippen LogP contribution in [0, 0.1) is 11.3 Å². The number of rotatable bonds is 4. The van der Waals surface area contributed by atoms with Gasteiger partial charge in [0.15, 0.2) is 0 Å². The molecule has 8 nitrogen and oxygen atoms in total. The lowest BCUT2D eigenvalue weighted by Gasteiger charge is -2.22. The van der Waals surface area contributed by atoms with Gasteiger partial charge in [-0.05, 0) is 73.8 Å². The molecule has 1 aromatic rings. The zero-order valence-electron chi connectivity index (χ0n) is 17.6. The molecule has 2 aliphatic carbocycles. The molecule has 4 atom stereocenters. The molecule has 4 unspecified atom stereocenters. The molecule has 4 rings (SSSR count). The Kier molecular flexibility index (Phi) is 6.11. The van der Waals surface area contributed by atoms with Crippen molar-refractivity contribution in [2.45, 2.75) is 61.8 Å². The van der Waals surface area contributed by atoms with Crippen molar-refractivity contribution < 1.29 is 23.6 Å². The number of aliphatic hydroxyl groups excluding tert-OH is 1. The number of allylic oxidation sites excluding steroid dienone is 1. The highest BCUT2D eigenvalue weighted by Gasteiger charge is 2.42. The number of hydrogen-bond donors (Lipinski definition) is 4. The minimum absolute atomic E-state index is 0.0917. The Bertz CT molecular complexity index is 1150. The van der Waals surface area contributed by atoms with Crippen LogP contribution in [0.1, 0.15) is 47.6 Å². The van der Waals surface area contributed by atoms with Gasteiger partial charge in [0, 0.05) is 10.6 Å². The zero-order chi connectivity index (χ0) is 23.3. The van der Waals surface area contributed by atoms with Crippen LogP contribution in [-0.2, 0) is 35.6 Å². The second-order valence-corrected chi connectivity index (χ2v) is 11.9. The van der Waals surface area contributed by atoms with Gasteiger partial charge in [0.25, 0.3) is 0 Å². The van der Waals surface area contributed by atoms with Crippen molar-refractivity contribution in [2.24, 2.45) is 9.50 Å². The lowest BCUT2D eigenvalue weighted by atomic mass is 9.93. The number of halogens is 1. The van der Waals surface area contributed by atoms with E-state index in [-0.39, 0.29) is 4.91 Å². The fourth-order valence-electron chi connectivity index (χ4n) is 4.64. The normalized spacial score (nSPS) is 25.2. The molecule has 2 amide bonds. The van der Waals surface area contributed by atoms with Gasteiger partial charge in [0.1, 0.15) is 26.3 Å². The second kappa shape index (κ2) is 8.43. The lowest BCUT2D eigenvalue weighted by molar-refractivity contribution is 0.0402. The maximum absolute atomic E-state index is 14.5. The minimum atomic E-state index is -3.82. The second-order valence-electron chi connectivity index (χ2n) is 8.51. The monoisotopic (exact) mass is 480 g/mol. The Balaban J connectivity index is 1.63. The minimum Gasteiger partial charge on any atom is -0.393 e. The van der Waals surface area contributed by atoms with Gasteiger partial charge in [-0.2, -0.15) is 5.26 Å². The van der Waals surface area contributed by atoms with E-state index in [9.17, 15) is 28.9 Å². The molecule has 1 aliphatic heterocycles. The van der Waals surface area contributed by atoms with E-state index in [1.807, 2.05) is 0 Å². The number of fused-ring (bicyclic) bond motifs is 2. The molecular weight excluding hydrogens is 455 g/mol. The summed E-state index contributed by atoms with van der Waals surface area (Å²) in [4.78, 5) is 12.8. The van der Waals surface area contributed by atoms with E-state index in [1.165, 1.54) is 6.92 Å². The Hall–Kier alpha value is -1.97. The average Bonchev–Trinajstić information content (AvgIpc) is 3.46. The van der Waals surface area contributed by atoms with Crippen LogP contribution in [0.25, 0.3) is 0 Å². The largest absolute Gasteiger partial charge is 0.393 e. The molecule has 1 heterocycles. The summed E-state index contributed by atoms with van der Waals surface area (Å²) in [5, 5.41) is 37.6. The SMILES string of the molecule is CC(O)(CO)C1=CC(F)C(S(N)(=O)=NC(=O)Nc2c3c(c(C#N)c4c2CCC4)CCC3)S1. The van der Waals surface area contributed by atoms with Gasteiger partial charge in [0.2, 0.25) is 0 Å². The Morgan fingerprint density at radius 1 is 1.34 bits per heavy atom. The predicted molar refractivity (Wildman–Crippen MR) is 121 cm³/mol. The summed E-state index contributed by atoms with van der Waals surface area (Å²) in [5.74, 6) is 0. The van der Waals surface area contributed by atoms with E-state index < -0.39 is 38.9 Å². The fraction of sp³-hybridized carbons (Fsp3) is 0.524. The summed E-state index contributed by atoms with van der Waals surface area (Å²) in [5.41, 5.74) is 3.35. The summed E-state index contributed by atoms with van der Waals surface area (Å²) >= 11 is 0.717. The molecule has 1 aromatic carbocycles. The van der Waals surface area contributed by atoms with Crippen LogP contribution in [0.2, 0.25) is 0 Å². The van der Waals surface area contributed by atoms with E-state index >= 15 is 0 Å². The molecular formula is C21H25FN4O4S2. The highest BCUT2D eigenvalue weighted by Crippen LogP contribution is 2.43. The van der Waals surface area contributed by atoms with Crippen LogP contribution >= 0.6 is 11.8 Å². The number of benzene rings is 1. The number of nitrogens with two attached hydrogens (primary N) is 1. The standard InChI is InChI=1S/C21H25FN4O4S2/c1-21(29,10-27)17-8-16(22)19(31-17)32(24,30)26-20(28)25-18-13-6-2-4-11(13)15(9-23)12-5-3-7-14(12)18/h8,16,19,27,29H,2-7,10H2,1H3,(H3,24,25,26,28,30). The quantitative estimate of drug-likeness (QED) is 0.520. The maximum atomic E-state index is 14.5. The molecule has 0 aromatic heterocycles. The molecule has 0 saturated carbocycles. The number of aliphatic hydroxyl groups is 2. The number of thioether (sulfide) groups is 1. The van der Waals surface area contributed by atoms with Crippen LogP contribution in [0.15, 0.2) is 15.3 Å². The van der Waals surface area contributed by atoms with E-state index in [0.717, 1.165) is 66.9 Å². The van der Waals surface area contributed by atoms with E-state index in [1.54, 1.807) is 0 Å². The van der Waals surface area contributed by atoms with Crippen molar-refractivity contribution in [3.8, 4) is 6.07 Å². The number of carbonyl (C=O) groups is 1. The van der Waals surface area contributed by atoms with E-state index in [4.69, 9.17) is 5.14 Å². The lowest BCUT2D eigenvalue weighted by Crippen LogP contribution is -2.33. The fourth-order valence-corrected chi connectivity index (χ4v) is 7.48. The van der Waals surface area contributed by atoms with Crippen molar-refractivity contribution in [3.05, 3.63) is 38.8 Å². The third kappa shape index (κ3) is 3.95. The summed E-state index contributed by atoms with van der Waals surface area (Å²) in [6.07, 6.45) is 3.97. The number of carbonyl (C=O) groups excluding carboxylic acids is 1. The molecule has 0 bridgehead atoms. The van der Waals surface area contributed by atoms with Gasteiger partial charge in [-0.3, -0.25) is 0 Å². The number of amides is 2. The zero-order valence-corrected chi connectivity index (χ0v) is 19.2. The van der Waals surface area contributed by atoms with Crippen LogP contribution in [0.3, 0.4) is 0 Å². The number of anilines is 1. The highest BCUT2D eigenvalue weighted by molar-refractivity contribution is 8.16. The molecule has 0 radical (unpaired) electrons. The Morgan fingerprint density at radius 3 is 2.44 bits per heavy atom. The first-order chi connectivity index (χ1) is 15.1. The van der Waals surface area contributed by atoms with Crippen molar-refractivity contribution in [1.29, 1.82) is 5.26 Å². The summed E-state index contributed by atoms with van der Waals surface area (Å²) in [6.45, 7) is 0.652. The van der Waals surface area contributed by atoms with E-state index in [2.05, 4.69) is 15.7 Å². The van der Waals surface area contributed by atoms with Crippen LogP contribution in [0.4, 0.5) is 14.9 Å². The van der Waals surface area contributed by atoms with Crippen molar-refractivity contribution >= 4 is 33.4 Å². The summed E-state index contributed by atoms with van der Waals surface area (Å²) < 4.78 is 29.8. The maximum Gasteiger partial charge on any atom is 0.354 e. The molecule has 3 aliphatic rings. The van der Waals surface area contributed by atoms with Crippen LogP contribution in [-0.4, -0.2) is 43.4 Å². The Labute approximate surface area is 190 Å². The van der Waals surface area contributed by atoms with Crippen LogP contribution in [0.5, 0.6) is 0 Å². The van der Waals surface area contributed by atoms with Gasteiger partial charge < -0.3 is 15.5 Å².